The number of halogens is 1. The van der Waals surface area contributed by atoms with Crippen molar-refractivity contribution < 1.29 is 0 Å². The van der Waals surface area contributed by atoms with Crippen LogP contribution in [-0.4, -0.2) is 0 Å². The van der Waals surface area contributed by atoms with E-state index in [1.807, 2.05) is 0 Å². The maximum absolute atomic E-state index is 4.12. The lowest BCUT2D eigenvalue weighted by atomic mass is 9.72. The third-order valence-electron chi connectivity index (χ3n) is 4.94. The molecule has 1 saturated carbocycles. The topological polar surface area (TPSA) is 0 Å². The van der Waals surface area contributed by atoms with Crippen LogP contribution in [0, 0.1) is 32.1 Å². The molecule has 0 N–H and O–H groups in total. The van der Waals surface area contributed by atoms with Gasteiger partial charge in [0.05, 0.1) is 0 Å². The van der Waals surface area contributed by atoms with Gasteiger partial charge in [-0.25, -0.2) is 0 Å². The summed E-state index contributed by atoms with van der Waals surface area (Å²) in [6, 6.07) is 4.68. The van der Waals surface area contributed by atoms with Crippen molar-refractivity contribution in [3.8, 4) is 0 Å². The molecule has 0 saturated heterocycles. The molecular weight excluding hydrogens is 308 g/mol. The zero-order valence-corrected chi connectivity index (χ0v) is 15.3. The summed E-state index contributed by atoms with van der Waals surface area (Å²) in [5.41, 5.74) is 6.32. The Kier molecular flexibility index (Phi) is 5.00. The molecule has 1 unspecified atom stereocenters. The highest BCUT2D eigenvalue weighted by Crippen LogP contribution is 2.56. The lowest BCUT2D eigenvalue weighted by molar-refractivity contribution is 0.229. The van der Waals surface area contributed by atoms with E-state index < -0.39 is 0 Å². The van der Waals surface area contributed by atoms with Crippen LogP contribution in [0.1, 0.15) is 73.0 Å². The quantitative estimate of drug-likeness (QED) is 0.539. The van der Waals surface area contributed by atoms with Crippen LogP contribution in [0.5, 0.6) is 0 Å². The molecule has 0 radical (unpaired) electrons. The van der Waals surface area contributed by atoms with Crippen molar-refractivity contribution >= 4 is 15.9 Å². The van der Waals surface area contributed by atoms with Crippen molar-refractivity contribution in [1.29, 1.82) is 0 Å². The number of alkyl halides is 1. The summed E-state index contributed by atoms with van der Waals surface area (Å²) in [7, 11) is 0. The number of rotatable bonds is 4. The SMILES string of the molecule is Cc1cc(C)c(C(Br)C2(CC(C)C)CCCC2)c(C)c1. The van der Waals surface area contributed by atoms with Gasteiger partial charge in [0.1, 0.15) is 0 Å². The van der Waals surface area contributed by atoms with Crippen LogP contribution in [0.25, 0.3) is 0 Å². The summed E-state index contributed by atoms with van der Waals surface area (Å²) in [4.78, 5) is 0.514. The van der Waals surface area contributed by atoms with Gasteiger partial charge in [-0.3, -0.25) is 0 Å². The van der Waals surface area contributed by atoms with Crippen LogP contribution in [0.4, 0.5) is 0 Å². The fourth-order valence-corrected chi connectivity index (χ4v) is 5.72. The van der Waals surface area contributed by atoms with Crippen LogP contribution >= 0.6 is 15.9 Å². The third-order valence-corrected chi connectivity index (χ3v) is 6.37. The van der Waals surface area contributed by atoms with Gasteiger partial charge in [0.2, 0.25) is 0 Å². The molecule has 1 aromatic rings. The third kappa shape index (κ3) is 3.13. The zero-order chi connectivity index (χ0) is 14.9. The molecule has 1 fully saturated rings. The minimum atomic E-state index is 0.471. The van der Waals surface area contributed by atoms with Crippen molar-refractivity contribution in [3.63, 3.8) is 0 Å². The van der Waals surface area contributed by atoms with Crippen LogP contribution in [0.3, 0.4) is 0 Å². The molecule has 1 aliphatic carbocycles. The molecule has 0 bridgehead atoms. The van der Waals surface area contributed by atoms with E-state index in [0.29, 0.717) is 10.2 Å². The molecule has 1 atom stereocenters. The van der Waals surface area contributed by atoms with Gasteiger partial charge in [0.15, 0.2) is 0 Å². The van der Waals surface area contributed by atoms with Gasteiger partial charge in [0.25, 0.3) is 0 Å². The molecule has 0 heterocycles. The first-order valence-corrected chi connectivity index (χ1v) is 8.99. The summed E-state index contributed by atoms with van der Waals surface area (Å²) in [6.45, 7) is 11.5. The first kappa shape index (κ1) is 16.1. The Balaban J connectivity index is 2.40. The fourth-order valence-electron chi connectivity index (χ4n) is 4.35. The lowest BCUT2D eigenvalue weighted by Gasteiger charge is -2.37. The molecule has 0 spiro atoms. The first-order valence-electron chi connectivity index (χ1n) is 8.07. The predicted octanol–water partition coefficient (Wildman–Crippen LogP) is 6.65. The molecular formula is C19H29Br. The Bertz CT molecular complexity index is 444. The summed E-state index contributed by atoms with van der Waals surface area (Å²) in [6.07, 6.45) is 6.91. The smallest absolute Gasteiger partial charge is 0.0456 e. The molecule has 0 aromatic heterocycles. The summed E-state index contributed by atoms with van der Waals surface area (Å²) in [5.74, 6) is 0.777. The van der Waals surface area contributed by atoms with Gasteiger partial charge >= 0.3 is 0 Å². The van der Waals surface area contributed by atoms with E-state index in [1.54, 1.807) is 5.56 Å². The van der Waals surface area contributed by atoms with Crippen LogP contribution in [0.15, 0.2) is 12.1 Å². The highest BCUT2D eigenvalue weighted by Gasteiger charge is 2.41. The van der Waals surface area contributed by atoms with Crippen molar-refractivity contribution in [3.05, 3.63) is 34.4 Å². The fraction of sp³-hybridized carbons (Fsp3) is 0.684. The second kappa shape index (κ2) is 6.22. The average molecular weight is 337 g/mol. The van der Waals surface area contributed by atoms with E-state index in [9.17, 15) is 0 Å². The molecule has 0 nitrogen and oxygen atoms in total. The first-order chi connectivity index (χ1) is 9.35. The van der Waals surface area contributed by atoms with Crippen LogP contribution < -0.4 is 0 Å². The molecule has 20 heavy (non-hydrogen) atoms. The van der Waals surface area contributed by atoms with Crippen LogP contribution in [-0.2, 0) is 0 Å². The molecule has 1 heteroatoms. The van der Waals surface area contributed by atoms with Crippen molar-refractivity contribution in [2.45, 2.75) is 71.5 Å². The molecule has 1 aliphatic rings. The van der Waals surface area contributed by atoms with Crippen molar-refractivity contribution in [2.75, 3.05) is 0 Å². The maximum atomic E-state index is 4.12. The Morgan fingerprint density at radius 3 is 2.00 bits per heavy atom. The van der Waals surface area contributed by atoms with E-state index in [4.69, 9.17) is 0 Å². The molecule has 1 aromatic carbocycles. The zero-order valence-electron chi connectivity index (χ0n) is 13.7. The van der Waals surface area contributed by atoms with E-state index in [-0.39, 0.29) is 0 Å². The molecule has 0 amide bonds. The van der Waals surface area contributed by atoms with Gasteiger partial charge in [0, 0.05) is 4.83 Å². The number of hydrogen-bond acceptors (Lipinski definition) is 0. The average Bonchev–Trinajstić information content (AvgIpc) is 2.76. The van der Waals surface area contributed by atoms with Gasteiger partial charge in [-0.1, -0.05) is 60.3 Å². The summed E-state index contributed by atoms with van der Waals surface area (Å²) >= 11 is 4.12. The number of benzene rings is 1. The Morgan fingerprint density at radius 1 is 1.05 bits per heavy atom. The van der Waals surface area contributed by atoms with Gasteiger partial charge in [-0.05, 0) is 68.1 Å². The maximum Gasteiger partial charge on any atom is 0.0456 e. The summed E-state index contributed by atoms with van der Waals surface area (Å²) < 4.78 is 0. The van der Waals surface area contributed by atoms with E-state index in [0.717, 1.165) is 5.92 Å². The number of hydrogen-bond donors (Lipinski definition) is 0. The molecule has 2 rings (SSSR count). The minimum Gasteiger partial charge on any atom is -0.0832 e. The predicted molar refractivity (Wildman–Crippen MR) is 92.7 cm³/mol. The highest BCUT2D eigenvalue weighted by molar-refractivity contribution is 9.09. The highest BCUT2D eigenvalue weighted by atomic mass is 79.9. The second-order valence-corrected chi connectivity index (χ2v) is 8.26. The largest absolute Gasteiger partial charge is 0.0832 e. The van der Waals surface area contributed by atoms with Crippen molar-refractivity contribution in [1.82, 2.24) is 0 Å². The van der Waals surface area contributed by atoms with Crippen LogP contribution in [0.2, 0.25) is 0 Å². The minimum absolute atomic E-state index is 0.471. The normalized spacial score (nSPS) is 19.6. The van der Waals surface area contributed by atoms with Gasteiger partial charge in [-0.15, -0.1) is 0 Å². The second-order valence-electron chi connectivity index (χ2n) is 7.34. The van der Waals surface area contributed by atoms with E-state index >= 15 is 0 Å². The number of aryl methyl sites for hydroxylation is 3. The lowest BCUT2D eigenvalue weighted by Crippen LogP contribution is -2.25. The standard InChI is InChI=1S/C19H29Br/c1-13(2)12-19(8-6-7-9-19)18(20)17-15(4)10-14(3)11-16(17)5/h10-11,13,18H,6-9,12H2,1-5H3. The van der Waals surface area contributed by atoms with Crippen molar-refractivity contribution in [2.24, 2.45) is 11.3 Å². The molecule has 112 valence electrons. The van der Waals surface area contributed by atoms with Gasteiger partial charge in [-0.2, -0.15) is 0 Å². The Hall–Kier alpha value is -0.300. The monoisotopic (exact) mass is 336 g/mol. The molecule has 0 aliphatic heterocycles. The summed E-state index contributed by atoms with van der Waals surface area (Å²) in [5, 5.41) is 0. The Labute approximate surface area is 133 Å². The van der Waals surface area contributed by atoms with E-state index in [1.165, 1.54) is 48.8 Å². The Morgan fingerprint density at radius 2 is 1.55 bits per heavy atom. The van der Waals surface area contributed by atoms with Gasteiger partial charge < -0.3 is 0 Å². The van der Waals surface area contributed by atoms with E-state index in [2.05, 4.69) is 62.7 Å².